The third-order valence-electron chi connectivity index (χ3n) is 4.22. The summed E-state index contributed by atoms with van der Waals surface area (Å²) < 4.78 is 4.96. The Balaban J connectivity index is 1.54. The quantitative estimate of drug-likeness (QED) is 0.487. The molecule has 4 aromatic rings. The van der Waals surface area contributed by atoms with Gasteiger partial charge in [-0.1, -0.05) is 29.4 Å². The number of para-hydroxylation sites is 1. The van der Waals surface area contributed by atoms with E-state index in [1.807, 2.05) is 24.4 Å². The van der Waals surface area contributed by atoms with Crippen molar-refractivity contribution in [2.24, 2.45) is 0 Å². The van der Waals surface area contributed by atoms with Crippen LogP contribution in [0.1, 0.15) is 22.1 Å². The number of aromatic nitrogens is 2. The highest BCUT2D eigenvalue weighted by Crippen LogP contribution is 2.32. The van der Waals surface area contributed by atoms with Gasteiger partial charge in [0.1, 0.15) is 5.76 Å². The number of hydrogen-bond donors (Lipinski definition) is 3. The van der Waals surface area contributed by atoms with E-state index in [4.69, 9.17) is 4.52 Å². The maximum Gasteiger partial charge on any atom is 0.320 e. The fourth-order valence-corrected chi connectivity index (χ4v) is 3.86. The van der Waals surface area contributed by atoms with Crippen LogP contribution in [0, 0.1) is 6.92 Å². The molecule has 1 unspecified atom stereocenters. The van der Waals surface area contributed by atoms with Gasteiger partial charge in [-0.25, -0.2) is 4.79 Å². The number of hydrogen-bond acceptors (Lipinski definition) is 4. The number of nitrogens with one attached hydrogen (secondary N) is 3. The predicted octanol–water partition coefficient (Wildman–Crippen LogP) is 4.48. The first-order valence-electron chi connectivity index (χ1n) is 8.28. The molecular weight excluding hydrogens is 348 g/mol. The number of carbonyl (C=O) groups excluding carboxylic acids is 1. The van der Waals surface area contributed by atoms with Gasteiger partial charge >= 0.3 is 6.03 Å². The van der Waals surface area contributed by atoms with Crippen molar-refractivity contribution < 1.29 is 9.32 Å². The minimum atomic E-state index is -0.306. The van der Waals surface area contributed by atoms with Crippen LogP contribution in [0.15, 0.2) is 58.6 Å². The number of thiophene rings is 1. The van der Waals surface area contributed by atoms with E-state index in [1.54, 1.807) is 24.3 Å². The van der Waals surface area contributed by atoms with Gasteiger partial charge in [-0.3, -0.25) is 5.32 Å². The number of H-pyrrole nitrogens is 1. The zero-order valence-corrected chi connectivity index (χ0v) is 15.0. The third-order valence-corrected chi connectivity index (χ3v) is 5.21. The van der Waals surface area contributed by atoms with Crippen molar-refractivity contribution in [1.29, 1.82) is 0 Å². The van der Waals surface area contributed by atoms with Crippen LogP contribution in [-0.2, 0) is 0 Å². The van der Waals surface area contributed by atoms with Crippen LogP contribution in [0.25, 0.3) is 10.9 Å². The molecule has 6 nitrogen and oxygen atoms in total. The van der Waals surface area contributed by atoms with Gasteiger partial charge in [0.2, 0.25) is 0 Å². The highest BCUT2D eigenvalue weighted by Gasteiger charge is 2.20. The lowest BCUT2D eigenvalue weighted by Crippen LogP contribution is -2.32. The van der Waals surface area contributed by atoms with Crippen LogP contribution in [-0.4, -0.2) is 22.7 Å². The number of rotatable bonds is 5. The first-order chi connectivity index (χ1) is 12.7. The molecule has 0 spiro atoms. The number of aryl methyl sites for hydroxylation is 1. The number of carbonyl (C=O) groups is 1. The molecule has 0 aliphatic rings. The Bertz CT molecular complexity index is 1020. The summed E-state index contributed by atoms with van der Waals surface area (Å²) >= 11 is 1.68. The summed E-state index contributed by atoms with van der Waals surface area (Å²) in [6.07, 6.45) is 2.02. The van der Waals surface area contributed by atoms with E-state index in [0.717, 1.165) is 5.52 Å². The van der Waals surface area contributed by atoms with Gasteiger partial charge in [0.05, 0.1) is 0 Å². The summed E-state index contributed by atoms with van der Waals surface area (Å²) in [6.45, 7) is 2.25. The molecule has 0 saturated heterocycles. The Hall–Kier alpha value is -3.06. The molecule has 1 atom stereocenters. The van der Waals surface area contributed by atoms with Gasteiger partial charge in [0.15, 0.2) is 5.82 Å². The van der Waals surface area contributed by atoms with E-state index in [0.29, 0.717) is 18.1 Å². The zero-order chi connectivity index (χ0) is 17.9. The predicted molar refractivity (Wildman–Crippen MR) is 103 cm³/mol. The second-order valence-electron chi connectivity index (χ2n) is 6.02. The lowest BCUT2D eigenvalue weighted by molar-refractivity contribution is 0.251. The Labute approximate surface area is 154 Å². The molecule has 0 fully saturated rings. The SMILES string of the molecule is Cc1cc(NC(=O)NCC(c2cccs2)c2c[nH]c3ccccc23)no1. The number of amides is 2. The van der Waals surface area contributed by atoms with Crippen molar-refractivity contribution in [3.8, 4) is 0 Å². The monoisotopic (exact) mass is 366 g/mol. The van der Waals surface area contributed by atoms with Crippen LogP contribution in [0.3, 0.4) is 0 Å². The smallest absolute Gasteiger partial charge is 0.320 e. The summed E-state index contributed by atoms with van der Waals surface area (Å²) in [4.78, 5) is 16.7. The maximum absolute atomic E-state index is 12.2. The first-order valence-corrected chi connectivity index (χ1v) is 9.16. The van der Waals surface area contributed by atoms with Crippen molar-refractivity contribution in [3.05, 3.63) is 70.2 Å². The van der Waals surface area contributed by atoms with E-state index in [1.165, 1.54) is 15.8 Å². The number of fused-ring (bicyclic) bond motifs is 1. The van der Waals surface area contributed by atoms with Crippen LogP contribution in [0.4, 0.5) is 10.6 Å². The lowest BCUT2D eigenvalue weighted by atomic mass is 9.97. The maximum atomic E-state index is 12.2. The Kier molecular flexibility index (Phi) is 4.45. The molecule has 3 heterocycles. The molecule has 0 bridgehead atoms. The molecule has 0 aliphatic heterocycles. The van der Waals surface area contributed by atoms with Crippen molar-refractivity contribution in [1.82, 2.24) is 15.5 Å². The molecule has 4 rings (SSSR count). The molecule has 2 amide bonds. The summed E-state index contributed by atoms with van der Waals surface area (Å²) in [5.74, 6) is 1.12. The van der Waals surface area contributed by atoms with Gasteiger partial charge in [-0.2, -0.15) is 0 Å². The van der Waals surface area contributed by atoms with Gasteiger partial charge in [0.25, 0.3) is 0 Å². The van der Waals surface area contributed by atoms with Crippen LogP contribution in [0.5, 0.6) is 0 Å². The highest BCUT2D eigenvalue weighted by atomic mass is 32.1. The summed E-state index contributed by atoms with van der Waals surface area (Å²) in [6, 6.07) is 13.7. The van der Waals surface area contributed by atoms with Gasteiger partial charge in [0, 0.05) is 40.5 Å². The molecule has 0 saturated carbocycles. The van der Waals surface area contributed by atoms with Gasteiger partial charge in [-0.15, -0.1) is 11.3 Å². The molecular formula is C19H18N4O2S. The average Bonchev–Trinajstić information content (AvgIpc) is 3.37. The molecule has 132 valence electrons. The number of nitrogens with zero attached hydrogens (tertiary/aromatic N) is 1. The molecule has 3 aromatic heterocycles. The topological polar surface area (TPSA) is 83.0 Å². The summed E-state index contributed by atoms with van der Waals surface area (Å²) in [7, 11) is 0. The molecule has 26 heavy (non-hydrogen) atoms. The molecule has 0 radical (unpaired) electrons. The highest BCUT2D eigenvalue weighted by molar-refractivity contribution is 7.10. The summed E-state index contributed by atoms with van der Waals surface area (Å²) in [5, 5.41) is 12.6. The van der Waals surface area contributed by atoms with Crippen LogP contribution >= 0.6 is 11.3 Å². The normalized spacial score (nSPS) is 12.2. The molecule has 7 heteroatoms. The summed E-state index contributed by atoms with van der Waals surface area (Å²) in [5.41, 5.74) is 2.26. The van der Waals surface area contributed by atoms with Gasteiger partial charge < -0.3 is 14.8 Å². The Morgan fingerprint density at radius 1 is 1.31 bits per heavy atom. The first kappa shape index (κ1) is 16.4. The molecule has 3 N–H and O–H groups in total. The third kappa shape index (κ3) is 3.34. The largest absolute Gasteiger partial charge is 0.361 e. The number of benzene rings is 1. The minimum Gasteiger partial charge on any atom is -0.361 e. The standard InChI is InChI=1S/C19H18N4O2S/c1-12-9-18(23-25-12)22-19(24)21-11-15(17-7-4-8-26-17)14-10-20-16-6-3-2-5-13(14)16/h2-10,15,20H,11H2,1H3,(H2,21,22,23,24). The van der Waals surface area contributed by atoms with E-state index in [2.05, 4.69) is 44.4 Å². The Morgan fingerprint density at radius 3 is 2.96 bits per heavy atom. The van der Waals surface area contributed by atoms with E-state index >= 15 is 0 Å². The fourth-order valence-electron chi connectivity index (χ4n) is 3.02. The Morgan fingerprint density at radius 2 is 2.19 bits per heavy atom. The molecule has 0 aliphatic carbocycles. The number of urea groups is 1. The fraction of sp³-hybridized carbons (Fsp3) is 0.158. The van der Waals surface area contributed by atoms with Gasteiger partial charge in [-0.05, 0) is 30.0 Å². The lowest BCUT2D eigenvalue weighted by Gasteiger charge is -2.16. The van der Waals surface area contributed by atoms with E-state index in [9.17, 15) is 4.79 Å². The van der Waals surface area contributed by atoms with Crippen molar-refractivity contribution in [2.75, 3.05) is 11.9 Å². The zero-order valence-electron chi connectivity index (χ0n) is 14.2. The number of anilines is 1. The van der Waals surface area contributed by atoms with E-state index in [-0.39, 0.29) is 11.9 Å². The van der Waals surface area contributed by atoms with Crippen molar-refractivity contribution in [3.63, 3.8) is 0 Å². The molecule has 1 aromatic carbocycles. The number of aromatic amines is 1. The van der Waals surface area contributed by atoms with Crippen molar-refractivity contribution >= 4 is 34.1 Å². The van der Waals surface area contributed by atoms with E-state index < -0.39 is 0 Å². The van der Waals surface area contributed by atoms with Crippen molar-refractivity contribution in [2.45, 2.75) is 12.8 Å². The van der Waals surface area contributed by atoms with Crippen LogP contribution in [0.2, 0.25) is 0 Å². The minimum absolute atomic E-state index is 0.0657. The second-order valence-corrected chi connectivity index (χ2v) is 6.99. The second kappa shape index (κ2) is 7.05. The van der Waals surface area contributed by atoms with Crippen LogP contribution < -0.4 is 10.6 Å². The average molecular weight is 366 g/mol.